The van der Waals surface area contributed by atoms with Gasteiger partial charge in [0.1, 0.15) is 12.4 Å². The Labute approximate surface area is 108 Å². The molecule has 1 heterocycles. The van der Waals surface area contributed by atoms with Gasteiger partial charge in [0, 0.05) is 12.7 Å². The monoisotopic (exact) mass is 245 g/mol. The third-order valence-electron chi connectivity index (χ3n) is 2.91. The normalized spacial score (nSPS) is 12.3. The zero-order chi connectivity index (χ0) is 12.8. The van der Waals surface area contributed by atoms with Crippen molar-refractivity contribution in [3.05, 3.63) is 48.3 Å². The average molecular weight is 245 g/mol. The molecular weight excluding hydrogens is 226 g/mol. The molecule has 0 radical (unpaired) electrons. The largest absolute Gasteiger partial charge is 0.492 e. The Hall–Kier alpha value is -1.81. The van der Waals surface area contributed by atoms with Crippen LogP contribution in [0.25, 0.3) is 0 Å². The molecule has 1 N–H and O–H groups in total. The second kappa shape index (κ2) is 6.21. The van der Waals surface area contributed by atoms with Crippen LogP contribution in [0.3, 0.4) is 0 Å². The molecule has 4 heteroatoms. The maximum Gasteiger partial charge on any atom is 0.119 e. The van der Waals surface area contributed by atoms with Crippen LogP contribution in [0.15, 0.2) is 42.6 Å². The summed E-state index contributed by atoms with van der Waals surface area (Å²) in [6.07, 6.45) is 1.83. The van der Waals surface area contributed by atoms with Crippen LogP contribution in [0.1, 0.15) is 18.7 Å². The van der Waals surface area contributed by atoms with Gasteiger partial charge in [-0.05, 0) is 32.2 Å². The summed E-state index contributed by atoms with van der Waals surface area (Å²) >= 11 is 0. The molecule has 1 unspecified atom stereocenters. The number of nitrogens with zero attached hydrogens (tertiary/aromatic N) is 2. The number of hydrogen-bond acceptors (Lipinski definition) is 3. The summed E-state index contributed by atoms with van der Waals surface area (Å²) in [6.45, 7) is 3.54. The van der Waals surface area contributed by atoms with Crippen molar-refractivity contribution in [1.82, 2.24) is 15.1 Å². The van der Waals surface area contributed by atoms with Crippen LogP contribution in [0.5, 0.6) is 5.75 Å². The zero-order valence-electron chi connectivity index (χ0n) is 10.8. The van der Waals surface area contributed by atoms with Gasteiger partial charge in [-0.3, -0.25) is 4.68 Å². The Morgan fingerprint density at radius 1 is 1.28 bits per heavy atom. The molecule has 0 saturated heterocycles. The number of hydrogen-bond donors (Lipinski definition) is 1. The lowest BCUT2D eigenvalue weighted by atomic mass is 10.2. The number of rotatable bonds is 6. The van der Waals surface area contributed by atoms with Crippen LogP contribution < -0.4 is 10.1 Å². The molecular formula is C14H19N3O. The van der Waals surface area contributed by atoms with Gasteiger partial charge in [-0.1, -0.05) is 18.2 Å². The summed E-state index contributed by atoms with van der Waals surface area (Å²) < 4.78 is 7.76. The van der Waals surface area contributed by atoms with Crippen molar-refractivity contribution in [3.63, 3.8) is 0 Å². The van der Waals surface area contributed by atoms with Crippen molar-refractivity contribution in [1.29, 1.82) is 0 Å². The fourth-order valence-corrected chi connectivity index (χ4v) is 1.92. The van der Waals surface area contributed by atoms with Crippen molar-refractivity contribution >= 4 is 0 Å². The van der Waals surface area contributed by atoms with Gasteiger partial charge in [0.05, 0.1) is 11.7 Å². The molecule has 0 bridgehead atoms. The second-order valence-corrected chi connectivity index (χ2v) is 4.04. The standard InChI is InChI=1S/C14H19N3O/c1-3-17-14(9-10-16-17)13(15-2)11-18-12-7-5-4-6-8-12/h4-10,13,15H,3,11H2,1-2H3. The van der Waals surface area contributed by atoms with E-state index in [1.807, 2.05) is 54.3 Å². The van der Waals surface area contributed by atoms with E-state index in [0.717, 1.165) is 18.0 Å². The summed E-state index contributed by atoms with van der Waals surface area (Å²) in [6, 6.07) is 12.0. The van der Waals surface area contributed by atoms with E-state index in [1.165, 1.54) is 0 Å². The lowest BCUT2D eigenvalue weighted by Crippen LogP contribution is -2.26. The van der Waals surface area contributed by atoms with E-state index in [9.17, 15) is 0 Å². The van der Waals surface area contributed by atoms with Gasteiger partial charge in [0.15, 0.2) is 0 Å². The predicted molar refractivity (Wildman–Crippen MR) is 71.6 cm³/mol. The first kappa shape index (κ1) is 12.6. The number of nitrogens with one attached hydrogen (secondary N) is 1. The number of benzene rings is 1. The van der Waals surface area contributed by atoms with Gasteiger partial charge >= 0.3 is 0 Å². The molecule has 96 valence electrons. The van der Waals surface area contributed by atoms with Gasteiger partial charge in [-0.25, -0.2) is 0 Å². The van der Waals surface area contributed by atoms with Gasteiger partial charge < -0.3 is 10.1 Å². The minimum Gasteiger partial charge on any atom is -0.492 e. The highest BCUT2D eigenvalue weighted by Gasteiger charge is 2.14. The van der Waals surface area contributed by atoms with Gasteiger partial charge in [0.25, 0.3) is 0 Å². The molecule has 0 aliphatic rings. The summed E-state index contributed by atoms with van der Waals surface area (Å²) in [5, 5.41) is 7.54. The van der Waals surface area contributed by atoms with Crippen LogP contribution in [0.4, 0.5) is 0 Å². The quantitative estimate of drug-likeness (QED) is 0.848. The summed E-state index contributed by atoms with van der Waals surface area (Å²) in [5.74, 6) is 0.889. The number of likely N-dealkylation sites (N-methyl/N-ethyl adjacent to an activating group) is 1. The first-order valence-corrected chi connectivity index (χ1v) is 6.22. The second-order valence-electron chi connectivity index (χ2n) is 4.04. The molecule has 2 aromatic rings. The van der Waals surface area contributed by atoms with E-state index in [4.69, 9.17) is 4.74 Å². The fourth-order valence-electron chi connectivity index (χ4n) is 1.92. The molecule has 0 amide bonds. The van der Waals surface area contributed by atoms with Crippen molar-refractivity contribution in [2.75, 3.05) is 13.7 Å². The van der Waals surface area contributed by atoms with Gasteiger partial charge in [-0.15, -0.1) is 0 Å². The molecule has 1 atom stereocenters. The highest BCUT2D eigenvalue weighted by atomic mass is 16.5. The lowest BCUT2D eigenvalue weighted by Gasteiger charge is -2.18. The predicted octanol–water partition coefficient (Wildman–Crippen LogP) is 2.24. The third-order valence-corrected chi connectivity index (χ3v) is 2.91. The summed E-state index contributed by atoms with van der Waals surface area (Å²) in [5.41, 5.74) is 1.15. The Balaban J connectivity index is 2.02. The number of aromatic nitrogens is 2. The highest BCUT2D eigenvalue weighted by molar-refractivity contribution is 5.21. The number of para-hydroxylation sites is 1. The smallest absolute Gasteiger partial charge is 0.119 e. The molecule has 0 saturated carbocycles. The molecule has 1 aromatic carbocycles. The van der Waals surface area contributed by atoms with E-state index in [-0.39, 0.29) is 6.04 Å². The van der Waals surface area contributed by atoms with Crippen molar-refractivity contribution < 1.29 is 4.74 Å². The van der Waals surface area contributed by atoms with Gasteiger partial charge in [0.2, 0.25) is 0 Å². The maximum atomic E-state index is 5.78. The maximum absolute atomic E-state index is 5.78. The van der Waals surface area contributed by atoms with Gasteiger partial charge in [-0.2, -0.15) is 5.10 Å². The molecule has 2 rings (SSSR count). The molecule has 0 aliphatic heterocycles. The molecule has 0 aliphatic carbocycles. The lowest BCUT2D eigenvalue weighted by molar-refractivity contribution is 0.266. The zero-order valence-corrected chi connectivity index (χ0v) is 10.8. The summed E-state index contributed by atoms with van der Waals surface area (Å²) in [7, 11) is 1.94. The number of ether oxygens (including phenoxy) is 1. The Bertz CT molecular complexity index is 467. The van der Waals surface area contributed by atoms with E-state index in [0.29, 0.717) is 6.61 Å². The Morgan fingerprint density at radius 2 is 2.06 bits per heavy atom. The minimum atomic E-state index is 0.146. The average Bonchev–Trinajstić information content (AvgIpc) is 2.89. The molecule has 18 heavy (non-hydrogen) atoms. The molecule has 0 spiro atoms. The molecule has 0 fully saturated rings. The first-order valence-electron chi connectivity index (χ1n) is 6.22. The first-order chi connectivity index (χ1) is 8.85. The Morgan fingerprint density at radius 3 is 2.72 bits per heavy atom. The highest BCUT2D eigenvalue weighted by Crippen LogP contribution is 2.15. The van der Waals surface area contributed by atoms with E-state index < -0.39 is 0 Å². The molecule has 4 nitrogen and oxygen atoms in total. The van der Waals surface area contributed by atoms with Crippen LogP contribution >= 0.6 is 0 Å². The van der Waals surface area contributed by atoms with E-state index in [1.54, 1.807) is 0 Å². The van der Waals surface area contributed by atoms with E-state index >= 15 is 0 Å². The summed E-state index contributed by atoms with van der Waals surface area (Å²) in [4.78, 5) is 0. The number of aryl methyl sites for hydroxylation is 1. The van der Waals surface area contributed by atoms with Crippen LogP contribution in [0, 0.1) is 0 Å². The fraction of sp³-hybridized carbons (Fsp3) is 0.357. The van der Waals surface area contributed by atoms with Crippen LogP contribution in [-0.2, 0) is 6.54 Å². The van der Waals surface area contributed by atoms with Crippen molar-refractivity contribution in [2.45, 2.75) is 19.5 Å². The van der Waals surface area contributed by atoms with Crippen LogP contribution in [0.2, 0.25) is 0 Å². The third kappa shape index (κ3) is 2.90. The topological polar surface area (TPSA) is 39.1 Å². The Kier molecular flexibility index (Phi) is 4.36. The molecule has 1 aromatic heterocycles. The van der Waals surface area contributed by atoms with E-state index in [2.05, 4.69) is 17.3 Å². The van der Waals surface area contributed by atoms with Crippen molar-refractivity contribution in [2.24, 2.45) is 0 Å². The van der Waals surface area contributed by atoms with Crippen LogP contribution in [-0.4, -0.2) is 23.4 Å². The SMILES string of the molecule is CCn1nccc1C(COc1ccccc1)NC. The minimum absolute atomic E-state index is 0.146. The van der Waals surface area contributed by atoms with Crippen molar-refractivity contribution in [3.8, 4) is 5.75 Å².